The van der Waals surface area contributed by atoms with Gasteiger partial charge in [-0.2, -0.15) is 5.10 Å². The summed E-state index contributed by atoms with van der Waals surface area (Å²) in [7, 11) is 0. The molecule has 2 aromatic rings. The Balaban J connectivity index is 1.97. The van der Waals surface area contributed by atoms with Crippen LogP contribution in [0.3, 0.4) is 0 Å². The molecule has 0 saturated heterocycles. The summed E-state index contributed by atoms with van der Waals surface area (Å²) in [4.78, 5) is 15.1. The number of ether oxygens (including phenoxy) is 1. The summed E-state index contributed by atoms with van der Waals surface area (Å²) in [5.74, 6) is 0.471. The van der Waals surface area contributed by atoms with E-state index < -0.39 is 0 Å². The molecule has 122 valence electrons. The summed E-state index contributed by atoms with van der Waals surface area (Å²) in [6, 6.07) is 5.88. The Bertz CT molecular complexity index is 705. The van der Waals surface area contributed by atoms with Crippen molar-refractivity contribution in [1.29, 1.82) is 0 Å². The van der Waals surface area contributed by atoms with Crippen molar-refractivity contribution in [3.63, 3.8) is 0 Å². The lowest BCUT2D eigenvalue weighted by Gasteiger charge is -2.11. The number of para-hydroxylation sites is 1. The number of aryl methyl sites for hydroxylation is 4. The van der Waals surface area contributed by atoms with Gasteiger partial charge in [0.1, 0.15) is 5.75 Å². The smallest absolute Gasteiger partial charge is 0.277 e. The Hall–Kier alpha value is -2.56. The Morgan fingerprint density at radius 2 is 1.83 bits per heavy atom. The van der Waals surface area contributed by atoms with E-state index in [-0.39, 0.29) is 12.5 Å². The molecule has 2 N–H and O–H groups in total. The summed E-state index contributed by atoms with van der Waals surface area (Å²) in [5.41, 5.74) is 8.49. The number of hydrogen-bond donors (Lipinski definition) is 2. The Labute approximate surface area is 136 Å². The van der Waals surface area contributed by atoms with Crippen molar-refractivity contribution in [2.24, 2.45) is 5.10 Å². The summed E-state index contributed by atoms with van der Waals surface area (Å²) in [5, 5.41) is 4.16. The monoisotopic (exact) mass is 313 g/mol. The fourth-order valence-electron chi connectivity index (χ4n) is 2.61. The number of nitrogens with one attached hydrogen (secondary N) is 2. The van der Waals surface area contributed by atoms with Gasteiger partial charge >= 0.3 is 0 Å². The van der Waals surface area contributed by atoms with Crippen molar-refractivity contribution in [3.8, 4) is 5.75 Å². The second kappa shape index (κ2) is 7.13. The van der Waals surface area contributed by atoms with E-state index in [1.54, 1.807) is 0 Å². The van der Waals surface area contributed by atoms with E-state index in [9.17, 15) is 4.79 Å². The fraction of sp³-hybridized carbons (Fsp3) is 0.333. The molecule has 0 fully saturated rings. The number of aromatic nitrogens is 1. The molecule has 1 aromatic carbocycles. The molecular formula is C18H23N3O2. The molecule has 0 atom stereocenters. The van der Waals surface area contributed by atoms with Crippen molar-refractivity contribution in [2.45, 2.75) is 34.6 Å². The van der Waals surface area contributed by atoms with Crippen LogP contribution < -0.4 is 10.2 Å². The first-order valence-electron chi connectivity index (χ1n) is 7.57. The minimum absolute atomic E-state index is 0.0619. The van der Waals surface area contributed by atoms with Crippen LogP contribution >= 0.6 is 0 Å². The number of benzene rings is 1. The van der Waals surface area contributed by atoms with E-state index in [2.05, 4.69) is 15.5 Å². The quantitative estimate of drug-likeness (QED) is 0.657. The van der Waals surface area contributed by atoms with Gasteiger partial charge in [0.2, 0.25) is 0 Å². The van der Waals surface area contributed by atoms with Gasteiger partial charge in [0.25, 0.3) is 5.91 Å². The van der Waals surface area contributed by atoms with Gasteiger partial charge in [0.05, 0.1) is 5.71 Å². The standard InChI is InChI=1S/C18H23N3O2/c1-11-7-6-8-12(2)18(11)23-10-16(22)21-20-15(5)17-13(3)9-19-14(17)4/h6-9,19H,10H2,1-5H3,(H,21,22)/b20-15+. The summed E-state index contributed by atoms with van der Waals surface area (Å²) in [6.07, 6.45) is 1.93. The molecule has 5 nitrogen and oxygen atoms in total. The van der Waals surface area contributed by atoms with Crippen LogP contribution in [0.15, 0.2) is 29.5 Å². The van der Waals surface area contributed by atoms with Gasteiger partial charge in [0.15, 0.2) is 6.61 Å². The SMILES string of the molecule is C/C(=N\NC(=O)COc1c(C)cccc1C)c1c(C)c[nH]c1C. The number of amides is 1. The molecule has 0 radical (unpaired) electrons. The highest BCUT2D eigenvalue weighted by Gasteiger charge is 2.09. The molecule has 5 heteroatoms. The van der Waals surface area contributed by atoms with Gasteiger partial charge in [-0.25, -0.2) is 5.43 Å². The molecule has 2 rings (SSSR count). The van der Waals surface area contributed by atoms with E-state index in [0.717, 1.165) is 39.4 Å². The van der Waals surface area contributed by atoms with Crippen LogP contribution in [0.25, 0.3) is 0 Å². The minimum Gasteiger partial charge on any atom is -0.483 e. The first-order valence-corrected chi connectivity index (χ1v) is 7.57. The third-order valence-electron chi connectivity index (χ3n) is 3.74. The predicted octanol–water partition coefficient (Wildman–Crippen LogP) is 3.17. The van der Waals surface area contributed by atoms with Crippen LogP contribution in [0.5, 0.6) is 5.75 Å². The zero-order chi connectivity index (χ0) is 17.0. The average molecular weight is 313 g/mol. The average Bonchev–Trinajstić information content (AvgIpc) is 2.83. The van der Waals surface area contributed by atoms with Crippen molar-refractivity contribution >= 4 is 11.6 Å². The maximum atomic E-state index is 11.9. The van der Waals surface area contributed by atoms with Gasteiger partial charge < -0.3 is 9.72 Å². The topological polar surface area (TPSA) is 66.5 Å². The van der Waals surface area contributed by atoms with Crippen LogP contribution in [0.1, 0.15) is 34.9 Å². The molecule has 0 aliphatic carbocycles. The zero-order valence-electron chi connectivity index (χ0n) is 14.3. The zero-order valence-corrected chi connectivity index (χ0v) is 14.3. The minimum atomic E-state index is -0.280. The third kappa shape index (κ3) is 4.00. The van der Waals surface area contributed by atoms with Crippen LogP contribution in [0.4, 0.5) is 0 Å². The number of rotatable bonds is 5. The Morgan fingerprint density at radius 1 is 1.17 bits per heavy atom. The number of hydrogen-bond acceptors (Lipinski definition) is 3. The molecule has 0 spiro atoms. The van der Waals surface area contributed by atoms with Gasteiger partial charge in [0, 0.05) is 17.5 Å². The number of carbonyl (C=O) groups excluding carboxylic acids is 1. The summed E-state index contributed by atoms with van der Waals surface area (Å²) in [6.45, 7) is 9.71. The highest BCUT2D eigenvalue weighted by Crippen LogP contribution is 2.22. The summed E-state index contributed by atoms with van der Waals surface area (Å²) < 4.78 is 5.61. The molecular weight excluding hydrogens is 290 g/mol. The number of H-pyrrole nitrogens is 1. The van der Waals surface area contributed by atoms with Crippen molar-refractivity contribution < 1.29 is 9.53 Å². The molecule has 0 unspecified atom stereocenters. The summed E-state index contributed by atoms with van der Waals surface area (Å²) >= 11 is 0. The number of carbonyl (C=O) groups is 1. The van der Waals surface area contributed by atoms with Crippen LogP contribution in [-0.2, 0) is 4.79 Å². The van der Waals surface area contributed by atoms with Gasteiger partial charge in [-0.3, -0.25) is 4.79 Å². The Morgan fingerprint density at radius 3 is 2.39 bits per heavy atom. The first kappa shape index (κ1) is 16.8. The maximum Gasteiger partial charge on any atom is 0.277 e. The highest BCUT2D eigenvalue weighted by molar-refractivity contribution is 6.01. The lowest BCUT2D eigenvalue weighted by Crippen LogP contribution is -2.26. The number of hydrazone groups is 1. The van der Waals surface area contributed by atoms with E-state index in [0.29, 0.717) is 0 Å². The second-order valence-electron chi connectivity index (χ2n) is 5.71. The lowest BCUT2D eigenvalue weighted by atomic mass is 10.1. The molecule has 0 saturated carbocycles. The fourth-order valence-corrected chi connectivity index (χ4v) is 2.61. The number of nitrogens with zero attached hydrogens (tertiary/aromatic N) is 1. The molecule has 1 heterocycles. The molecule has 23 heavy (non-hydrogen) atoms. The molecule has 1 aromatic heterocycles. The second-order valence-corrected chi connectivity index (χ2v) is 5.71. The first-order chi connectivity index (χ1) is 10.9. The molecule has 0 aliphatic heterocycles. The number of aromatic amines is 1. The van der Waals surface area contributed by atoms with Crippen molar-refractivity contribution in [1.82, 2.24) is 10.4 Å². The van der Waals surface area contributed by atoms with Crippen molar-refractivity contribution in [2.75, 3.05) is 6.61 Å². The highest BCUT2D eigenvalue weighted by atomic mass is 16.5. The largest absolute Gasteiger partial charge is 0.483 e. The van der Waals surface area contributed by atoms with Gasteiger partial charge in [-0.1, -0.05) is 18.2 Å². The van der Waals surface area contributed by atoms with E-state index in [4.69, 9.17) is 4.74 Å². The molecule has 0 aliphatic rings. The molecule has 0 bridgehead atoms. The van der Waals surface area contributed by atoms with Gasteiger partial charge in [-0.05, 0) is 51.3 Å². The lowest BCUT2D eigenvalue weighted by molar-refractivity contribution is -0.123. The van der Waals surface area contributed by atoms with Crippen molar-refractivity contribution in [3.05, 3.63) is 52.3 Å². The van der Waals surface area contributed by atoms with E-state index >= 15 is 0 Å². The third-order valence-corrected chi connectivity index (χ3v) is 3.74. The van der Waals surface area contributed by atoms with Crippen LogP contribution in [0, 0.1) is 27.7 Å². The maximum absolute atomic E-state index is 11.9. The van der Waals surface area contributed by atoms with E-state index in [1.165, 1.54) is 0 Å². The normalized spacial score (nSPS) is 11.4. The predicted molar refractivity (Wildman–Crippen MR) is 92.0 cm³/mol. The van der Waals surface area contributed by atoms with Crippen LogP contribution in [-0.4, -0.2) is 23.2 Å². The van der Waals surface area contributed by atoms with E-state index in [1.807, 2.05) is 59.0 Å². The van der Waals surface area contributed by atoms with Gasteiger partial charge in [-0.15, -0.1) is 0 Å². The Kier molecular flexibility index (Phi) is 5.21. The molecule has 1 amide bonds. The van der Waals surface area contributed by atoms with Crippen LogP contribution in [0.2, 0.25) is 0 Å².